The highest BCUT2D eigenvalue weighted by Gasteiger charge is 2.31. The van der Waals surface area contributed by atoms with Crippen molar-refractivity contribution < 1.29 is 28.5 Å². The normalized spacial score (nSPS) is 13.5. The highest BCUT2D eigenvalue weighted by molar-refractivity contribution is 6.12. The summed E-state index contributed by atoms with van der Waals surface area (Å²) in [7, 11) is 1.59. The van der Waals surface area contributed by atoms with Crippen molar-refractivity contribution in [2.75, 3.05) is 38.3 Å². The van der Waals surface area contributed by atoms with Crippen molar-refractivity contribution in [1.29, 1.82) is 0 Å². The van der Waals surface area contributed by atoms with E-state index in [0.29, 0.717) is 54.9 Å². The number of nitrogens with one attached hydrogen (secondary N) is 1. The average Bonchev–Trinajstić information content (AvgIpc) is 2.93. The third-order valence-electron chi connectivity index (χ3n) is 5.89. The molecule has 0 saturated carbocycles. The Morgan fingerprint density at radius 1 is 0.974 bits per heavy atom. The molecule has 8 heteroatoms. The molecule has 198 valence electrons. The van der Waals surface area contributed by atoms with Crippen molar-refractivity contribution in [3.05, 3.63) is 83.6 Å². The molecule has 0 radical (unpaired) electrons. The smallest absolute Gasteiger partial charge is 0.294 e. The van der Waals surface area contributed by atoms with Crippen molar-refractivity contribution in [2.24, 2.45) is 0 Å². The minimum Gasteiger partial charge on any atom is -0.497 e. The first-order chi connectivity index (χ1) is 18.5. The van der Waals surface area contributed by atoms with Gasteiger partial charge in [-0.05, 0) is 73.9 Å². The molecule has 0 unspecified atom stereocenters. The van der Waals surface area contributed by atoms with Crippen molar-refractivity contribution in [3.63, 3.8) is 0 Å². The van der Waals surface area contributed by atoms with E-state index >= 15 is 0 Å². The summed E-state index contributed by atoms with van der Waals surface area (Å²) in [6.07, 6.45) is 2.26. The molecule has 3 aromatic carbocycles. The zero-order chi connectivity index (χ0) is 26.9. The number of amides is 2. The van der Waals surface area contributed by atoms with E-state index in [0.717, 1.165) is 11.1 Å². The van der Waals surface area contributed by atoms with Gasteiger partial charge in [0.1, 0.15) is 12.3 Å². The summed E-state index contributed by atoms with van der Waals surface area (Å²) in [4.78, 5) is 27.6. The minimum absolute atomic E-state index is 0.132. The molecule has 1 aliphatic heterocycles. The number of ether oxygens (including phenoxy) is 4. The number of nitrogens with zero attached hydrogens (tertiary/aromatic N) is 1. The van der Waals surface area contributed by atoms with Crippen LogP contribution < -0.4 is 29.2 Å². The van der Waals surface area contributed by atoms with Crippen molar-refractivity contribution >= 4 is 23.6 Å². The van der Waals surface area contributed by atoms with Crippen LogP contribution in [-0.4, -0.2) is 45.2 Å². The molecule has 0 spiro atoms. The predicted octanol–water partition coefficient (Wildman–Crippen LogP) is 4.62. The van der Waals surface area contributed by atoms with Gasteiger partial charge in [0.2, 0.25) is 5.91 Å². The fourth-order valence-electron chi connectivity index (χ4n) is 4.07. The van der Waals surface area contributed by atoms with E-state index < -0.39 is 0 Å². The van der Waals surface area contributed by atoms with Crippen LogP contribution in [0.3, 0.4) is 0 Å². The molecule has 1 N–H and O–H groups in total. The van der Waals surface area contributed by atoms with Gasteiger partial charge in [0.15, 0.2) is 23.0 Å². The summed E-state index contributed by atoms with van der Waals surface area (Å²) in [5.74, 6) is 2.09. The summed E-state index contributed by atoms with van der Waals surface area (Å²) < 4.78 is 22.4. The highest BCUT2D eigenvalue weighted by atomic mass is 16.5. The highest BCUT2D eigenvalue weighted by Crippen LogP contribution is 2.35. The lowest BCUT2D eigenvalue weighted by molar-refractivity contribution is -0.123. The first kappa shape index (κ1) is 26.6. The maximum absolute atomic E-state index is 13.3. The molecule has 0 aliphatic carbocycles. The van der Waals surface area contributed by atoms with Crippen LogP contribution in [0.1, 0.15) is 25.0 Å². The lowest BCUT2D eigenvalue weighted by Gasteiger charge is -2.30. The Hall–Kier alpha value is -4.46. The molecule has 2 amide bonds. The lowest BCUT2D eigenvalue weighted by atomic mass is 10.1. The van der Waals surface area contributed by atoms with E-state index in [1.807, 2.05) is 50.2 Å². The van der Waals surface area contributed by atoms with Crippen molar-refractivity contribution in [2.45, 2.75) is 20.3 Å². The van der Waals surface area contributed by atoms with E-state index in [2.05, 4.69) is 5.32 Å². The van der Waals surface area contributed by atoms with Crippen LogP contribution in [0.25, 0.3) is 6.08 Å². The van der Waals surface area contributed by atoms with Crippen LogP contribution in [0, 0.1) is 0 Å². The second kappa shape index (κ2) is 12.7. The molecule has 1 heterocycles. The molecule has 8 nitrogen and oxygen atoms in total. The SMILES string of the molecule is CCOc1ccc(CCNC(=O)CN2C(=O)/C(=C/c3ccc(OC)cc3)Oc3ccccc32)cc1OCC. The van der Waals surface area contributed by atoms with Gasteiger partial charge in [0, 0.05) is 6.54 Å². The largest absolute Gasteiger partial charge is 0.497 e. The Kier molecular flexibility index (Phi) is 8.87. The molecular weight excluding hydrogens is 484 g/mol. The molecule has 0 atom stereocenters. The Morgan fingerprint density at radius 3 is 2.45 bits per heavy atom. The van der Waals surface area contributed by atoms with Gasteiger partial charge in [0.25, 0.3) is 5.91 Å². The second-order valence-corrected chi connectivity index (χ2v) is 8.49. The molecule has 0 fully saturated rings. The quantitative estimate of drug-likeness (QED) is 0.375. The summed E-state index contributed by atoms with van der Waals surface area (Å²) >= 11 is 0. The maximum atomic E-state index is 13.3. The van der Waals surface area contributed by atoms with Gasteiger partial charge in [-0.1, -0.05) is 30.3 Å². The monoisotopic (exact) mass is 516 g/mol. The number of fused-ring (bicyclic) bond motifs is 1. The zero-order valence-corrected chi connectivity index (χ0v) is 21.9. The summed E-state index contributed by atoms with van der Waals surface area (Å²) in [6, 6.07) is 20.2. The number of methoxy groups -OCH3 is 1. The number of para-hydroxylation sites is 2. The Balaban J connectivity index is 1.43. The zero-order valence-electron chi connectivity index (χ0n) is 21.9. The molecule has 4 rings (SSSR count). The fraction of sp³-hybridized carbons (Fsp3) is 0.267. The van der Waals surface area contributed by atoms with Gasteiger partial charge in [-0.25, -0.2) is 0 Å². The number of carbonyl (C=O) groups is 2. The average molecular weight is 517 g/mol. The van der Waals surface area contributed by atoms with Gasteiger partial charge in [-0.2, -0.15) is 0 Å². The first-order valence-corrected chi connectivity index (χ1v) is 12.6. The minimum atomic E-state index is -0.387. The van der Waals surface area contributed by atoms with Gasteiger partial charge < -0.3 is 24.3 Å². The van der Waals surface area contributed by atoms with E-state index in [4.69, 9.17) is 18.9 Å². The standard InChI is InChI=1S/C30H32N2O6/c1-4-36-26-15-12-22(18-27(26)37-5-2)16-17-31-29(33)20-32-24-8-6-7-9-25(24)38-28(30(32)34)19-21-10-13-23(35-3)14-11-21/h6-15,18-19H,4-5,16-17,20H2,1-3H3,(H,31,33)/b28-19-. The van der Waals surface area contributed by atoms with Crippen molar-refractivity contribution in [1.82, 2.24) is 5.32 Å². The first-order valence-electron chi connectivity index (χ1n) is 12.6. The summed E-state index contributed by atoms with van der Waals surface area (Å²) in [6.45, 7) is 5.21. The number of carbonyl (C=O) groups excluding carboxylic acids is 2. The van der Waals surface area contributed by atoms with E-state index in [9.17, 15) is 9.59 Å². The Bertz CT molecular complexity index is 1300. The van der Waals surface area contributed by atoms with Crippen molar-refractivity contribution in [3.8, 4) is 23.0 Å². The van der Waals surface area contributed by atoms with E-state index in [1.165, 1.54) is 4.90 Å². The molecule has 0 bridgehead atoms. The Labute approximate surface area is 222 Å². The second-order valence-electron chi connectivity index (χ2n) is 8.49. The summed E-state index contributed by atoms with van der Waals surface area (Å²) in [5, 5.41) is 2.92. The van der Waals surface area contributed by atoms with Gasteiger partial charge in [-0.3, -0.25) is 14.5 Å². The van der Waals surface area contributed by atoms with Crippen LogP contribution in [0.5, 0.6) is 23.0 Å². The van der Waals surface area contributed by atoms with Gasteiger partial charge >= 0.3 is 0 Å². The number of hydrogen-bond donors (Lipinski definition) is 1. The third kappa shape index (κ3) is 6.45. The topological polar surface area (TPSA) is 86.3 Å². The maximum Gasteiger partial charge on any atom is 0.294 e. The summed E-state index contributed by atoms with van der Waals surface area (Å²) in [5.41, 5.74) is 2.34. The number of anilines is 1. The molecule has 38 heavy (non-hydrogen) atoms. The van der Waals surface area contributed by atoms with E-state index in [1.54, 1.807) is 43.5 Å². The van der Waals surface area contributed by atoms with Crippen LogP contribution in [0.4, 0.5) is 5.69 Å². The molecule has 1 aliphatic rings. The number of rotatable bonds is 11. The molecule has 0 aromatic heterocycles. The Morgan fingerprint density at radius 2 is 1.71 bits per heavy atom. The molecule has 3 aromatic rings. The molecule has 0 saturated heterocycles. The molecular formula is C30H32N2O6. The van der Waals surface area contributed by atoms with Gasteiger partial charge in [0.05, 0.1) is 26.0 Å². The van der Waals surface area contributed by atoms with Gasteiger partial charge in [-0.15, -0.1) is 0 Å². The van der Waals surface area contributed by atoms with Crippen LogP contribution in [0.2, 0.25) is 0 Å². The fourth-order valence-corrected chi connectivity index (χ4v) is 4.07. The number of benzene rings is 3. The number of hydrogen-bond acceptors (Lipinski definition) is 6. The predicted molar refractivity (Wildman–Crippen MR) is 146 cm³/mol. The lowest BCUT2D eigenvalue weighted by Crippen LogP contribution is -2.44. The van der Waals surface area contributed by atoms with Crippen LogP contribution >= 0.6 is 0 Å². The van der Waals surface area contributed by atoms with Crippen LogP contribution in [-0.2, 0) is 16.0 Å². The van der Waals surface area contributed by atoms with E-state index in [-0.39, 0.29) is 24.1 Å². The third-order valence-corrected chi connectivity index (χ3v) is 5.89. The van der Waals surface area contributed by atoms with Crippen LogP contribution in [0.15, 0.2) is 72.5 Å².